The number of anilines is 1. The Balaban J connectivity index is 1.66. The number of nitrogens with one attached hydrogen (secondary N) is 2. The van der Waals surface area contributed by atoms with Gasteiger partial charge in [0, 0.05) is 30.3 Å². The molecule has 0 saturated heterocycles. The van der Waals surface area contributed by atoms with Crippen LogP contribution in [0.3, 0.4) is 0 Å². The summed E-state index contributed by atoms with van der Waals surface area (Å²) < 4.78 is 69.8. The molecule has 1 amide bonds. The molecule has 1 heterocycles. The van der Waals surface area contributed by atoms with E-state index < -0.39 is 27.4 Å². The molecule has 0 aromatic heterocycles. The molecule has 33 heavy (non-hydrogen) atoms. The Morgan fingerprint density at radius 1 is 1.15 bits per heavy atom. The first-order valence-electron chi connectivity index (χ1n) is 10.2. The van der Waals surface area contributed by atoms with Gasteiger partial charge >= 0.3 is 6.18 Å². The highest BCUT2D eigenvalue weighted by atomic mass is 32.2. The molecule has 3 rings (SSSR count). The molecule has 10 heteroatoms. The number of benzene rings is 2. The Morgan fingerprint density at radius 2 is 1.82 bits per heavy atom. The van der Waals surface area contributed by atoms with Crippen LogP contribution in [0, 0.1) is 0 Å². The molecule has 2 N–H and O–H groups in total. The number of ether oxygens (including phenoxy) is 1. The maximum absolute atomic E-state index is 13.1. The Labute approximate surface area is 190 Å². The van der Waals surface area contributed by atoms with Crippen LogP contribution >= 0.6 is 0 Å². The zero-order chi connectivity index (χ0) is 24.4. The summed E-state index contributed by atoms with van der Waals surface area (Å²) in [4.78, 5) is 12.5. The number of sulfonamides is 1. The lowest BCUT2D eigenvalue weighted by Crippen LogP contribution is -2.33. The normalized spacial score (nSPS) is 16.6. The van der Waals surface area contributed by atoms with Gasteiger partial charge in [0.2, 0.25) is 15.9 Å². The van der Waals surface area contributed by atoms with E-state index in [1.165, 1.54) is 12.1 Å². The van der Waals surface area contributed by atoms with Crippen molar-refractivity contribution < 1.29 is 31.1 Å². The fourth-order valence-corrected chi connectivity index (χ4v) is 4.12. The Bertz CT molecular complexity index is 1170. The standard InChI is InChI=1S/C23H25F3N2O4S/c1-22(2)14-16(19-9-6-17(23(24,25)26)13-20(19)32-22)12-21(29)27-11-10-15-4-7-18(8-5-15)28-33(3,30)31/h4-9,12-13,28H,10-11,14H2,1-3H3,(H,27,29)/b16-12+. The van der Waals surface area contributed by atoms with Gasteiger partial charge in [0.1, 0.15) is 11.4 Å². The van der Waals surface area contributed by atoms with Crippen LogP contribution in [-0.2, 0) is 27.4 Å². The number of alkyl halides is 3. The lowest BCUT2D eigenvalue weighted by atomic mass is 9.88. The lowest BCUT2D eigenvalue weighted by Gasteiger charge is -2.34. The second kappa shape index (κ2) is 9.09. The van der Waals surface area contributed by atoms with Crippen LogP contribution < -0.4 is 14.8 Å². The summed E-state index contributed by atoms with van der Waals surface area (Å²) in [6.07, 6.45) is -1.13. The molecule has 0 atom stereocenters. The molecular formula is C23H25F3N2O4S. The van der Waals surface area contributed by atoms with Gasteiger partial charge in [0.05, 0.1) is 11.8 Å². The lowest BCUT2D eigenvalue weighted by molar-refractivity contribution is -0.137. The van der Waals surface area contributed by atoms with Crippen molar-refractivity contribution in [3.05, 3.63) is 65.2 Å². The molecule has 0 spiro atoms. The minimum absolute atomic E-state index is 0.0999. The number of fused-ring (bicyclic) bond motifs is 1. The number of carbonyl (C=O) groups excluding carboxylic acids is 1. The second-order valence-electron chi connectivity index (χ2n) is 8.53. The van der Waals surface area contributed by atoms with Crippen LogP contribution in [0.15, 0.2) is 48.5 Å². The van der Waals surface area contributed by atoms with Gasteiger partial charge in [0.25, 0.3) is 0 Å². The Kier molecular flexibility index (Phi) is 6.78. The van der Waals surface area contributed by atoms with Gasteiger partial charge in [-0.25, -0.2) is 8.42 Å². The fraction of sp³-hybridized carbons (Fsp3) is 0.348. The molecule has 6 nitrogen and oxygen atoms in total. The zero-order valence-electron chi connectivity index (χ0n) is 18.4. The summed E-state index contributed by atoms with van der Waals surface area (Å²) in [7, 11) is -3.35. The third-order valence-corrected chi connectivity index (χ3v) is 5.54. The van der Waals surface area contributed by atoms with Gasteiger partial charge < -0.3 is 10.1 Å². The predicted octanol–water partition coefficient (Wildman–Crippen LogP) is 4.38. The summed E-state index contributed by atoms with van der Waals surface area (Å²) in [5.41, 5.74) is 0.852. The van der Waals surface area contributed by atoms with Crippen molar-refractivity contribution in [1.29, 1.82) is 0 Å². The highest BCUT2D eigenvalue weighted by molar-refractivity contribution is 7.92. The maximum Gasteiger partial charge on any atom is 0.416 e. The molecule has 0 radical (unpaired) electrons. The van der Waals surface area contributed by atoms with E-state index in [0.717, 1.165) is 24.0 Å². The first-order valence-corrected chi connectivity index (χ1v) is 12.1. The molecule has 0 fully saturated rings. The molecule has 1 aliphatic rings. The van der Waals surface area contributed by atoms with Crippen LogP contribution in [0.25, 0.3) is 5.57 Å². The zero-order valence-corrected chi connectivity index (χ0v) is 19.2. The largest absolute Gasteiger partial charge is 0.487 e. The molecule has 0 unspecified atom stereocenters. The first kappa shape index (κ1) is 24.6. The summed E-state index contributed by atoms with van der Waals surface area (Å²) in [5.74, 6) is -0.258. The van der Waals surface area contributed by atoms with E-state index >= 15 is 0 Å². The SMILES string of the molecule is CC1(C)C/C(=C\C(=O)NCCc2ccc(NS(C)(=O)=O)cc2)c2ccc(C(F)(F)F)cc2O1. The van der Waals surface area contributed by atoms with Crippen molar-refractivity contribution in [3.8, 4) is 5.75 Å². The summed E-state index contributed by atoms with van der Waals surface area (Å²) >= 11 is 0. The van der Waals surface area contributed by atoms with Crippen molar-refractivity contribution in [2.75, 3.05) is 17.5 Å². The van der Waals surface area contributed by atoms with Crippen LogP contribution in [0.2, 0.25) is 0 Å². The van der Waals surface area contributed by atoms with Crippen LogP contribution in [0.4, 0.5) is 18.9 Å². The highest BCUT2D eigenvalue weighted by Crippen LogP contribution is 2.43. The minimum Gasteiger partial charge on any atom is -0.487 e. The van der Waals surface area contributed by atoms with Crippen LogP contribution in [0.1, 0.15) is 37.0 Å². The van der Waals surface area contributed by atoms with Crippen molar-refractivity contribution in [2.24, 2.45) is 0 Å². The molecule has 0 saturated carbocycles. The number of hydrogen-bond donors (Lipinski definition) is 2. The molecule has 0 aliphatic carbocycles. The molecular weight excluding hydrogens is 457 g/mol. The fourth-order valence-electron chi connectivity index (χ4n) is 3.56. The van der Waals surface area contributed by atoms with Gasteiger partial charge in [0.15, 0.2) is 0 Å². The van der Waals surface area contributed by atoms with E-state index in [1.54, 1.807) is 38.1 Å². The van der Waals surface area contributed by atoms with Crippen molar-refractivity contribution >= 4 is 27.2 Å². The number of hydrogen-bond acceptors (Lipinski definition) is 4. The van der Waals surface area contributed by atoms with Crippen molar-refractivity contribution in [2.45, 2.75) is 38.5 Å². The number of carbonyl (C=O) groups is 1. The van der Waals surface area contributed by atoms with E-state index in [9.17, 15) is 26.4 Å². The topological polar surface area (TPSA) is 84.5 Å². The smallest absolute Gasteiger partial charge is 0.416 e. The van der Waals surface area contributed by atoms with Gasteiger partial charge in [-0.15, -0.1) is 0 Å². The quantitative estimate of drug-likeness (QED) is 0.599. The molecule has 2 aromatic rings. The Morgan fingerprint density at radius 3 is 2.42 bits per heavy atom. The number of halogens is 3. The summed E-state index contributed by atoms with van der Waals surface area (Å²) in [6.45, 7) is 3.84. The van der Waals surface area contributed by atoms with E-state index in [2.05, 4.69) is 10.0 Å². The average molecular weight is 483 g/mol. The monoisotopic (exact) mass is 482 g/mol. The van der Waals surface area contributed by atoms with Gasteiger partial charge in [-0.05, 0) is 55.7 Å². The predicted molar refractivity (Wildman–Crippen MR) is 120 cm³/mol. The van der Waals surface area contributed by atoms with Gasteiger partial charge in [-0.3, -0.25) is 9.52 Å². The van der Waals surface area contributed by atoms with E-state index in [0.29, 0.717) is 36.2 Å². The molecule has 0 bridgehead atoms. The first-order chi connectivity index (χ1) is 15.2. The maximum atomic E-state index is 13.1. The van der Waals surface area contributed by atoms with Crippen molar-refractivity contribution in [3.63, 3.8) is 0 Å². The molecule has 178 valence electrons. The number of rotatable bonds is 6. The van der Waals surface area contributed by atoms with E-state index in [4.69, 9.17) is 4.74 Å². The Hall–Kier alpha value is -3.01. The summed E-state index contributed by atoms with van der Waals surface area (Å²) in [6, 6.07) is 10.1. The van der Waals surface area contributed by atoms with Gasteiger partial charge in [-0.1, -0.05) is 18.2 Å². The van der Waals surface area contributed by atoms with Crippen LogP contribution in [0.5, 0.6) is 5.75 Å². The average Bonchev–Trinajstić information content (AvgIpc) is 2.66. The molecule has 2 aromatic carbocycles. The minimum atomic E-state index is -4.49. The van der Waals surface area contributed by atoms with Crippen molar-refractivity contribution in [1.82, 2.24) is 5.32 Å². The summed E-state index contributed by atoms with van der Waals surface area (Å²) in [5, 5.41) is 2.78. The highest BCUT2D eigenvalue weighted by Gasteiger charge is 2.35. The van der Waals surface area contributed by atoms with Gasteiger partial charge in [-0.2, -0.15) is 13.2 Å². The molecule has 1 aliphatic heterocycles. The number of amides is 1. The van der Waals surface area contributed by atoms with E-state index in [1.807, 2.05) is 0 Å². The third kappa shape index (κ3) is 6.98. The van der Waals surface area contributed by atoms with E-state index in [-0.39, 0.29) is 11.7 Å². The second-order valence-corrected chi connectivity index (χ2v) is 10.3. The third-order valence-electron chi connectivity index (χ3n) is 4.93. The van der Waals surface area contributed by atoms with Crippen LogP contribution in [-0.4, -0.2) is 32.7 Å².